The number of hydrogen-bond donors (Lipinski definition) is 6. The number of aryl methyl sites for hydroxylation is 1. The van der Waals surface area contributed by atoms with E-state index in [-0.39, 0.29) is 17.0 Å². The van der Waals surface area contributed by atoms with Crippen molar-refractivity contribution in [2.45, 2.75) is 24.4 Å². The molecule has 2 aromatic heterocycles. The molecule has 2 aromatic rings. The predicted molar refractivity (Wildman–Crippen MR) is 76.6 cm³/mol. The zero-order chi connectivity index (χ0) is 17.5. The molecule has 0 unspecified atom stereocenters. The number of aromatic nitrogens is 4. The van der Waals surface area contributed by atoms with Crippen LogP contribution in [0.15, 0.2) is 9.59 Å². The van der Waals surface area contributed by atoms with Crippen LogP contribution in [-0.2, 0) is 14.1 Å². The lowest BCUT2D eigenvalue weighted by atomic mass is 10.0. The van der Waals surface area contributed by atoms with Gasteiger partial charge >= 0.3 is 5.69 Å². The van der Waals surface area contributed by atoms with Gasteiger partial charge in [0.05, 0.1) is 6.61 Å². The maximum absolute atomic E-state index is 12.0. The molecule has 0 amide bonds. The van der Waals surface area contributed by atoms with Crippen molar-refractivity contribution < 1.29 is 25.5 Å². The van der Waals surface area contributed by atoms with Crippen molar-refractivity contribution in [1.29, 1.82) is 0 Å². The number of fused-ring (bicyclic) bond motifs is 1. The first kappa shape index (κ1) is 17.3. The van der Waals surface area contributed by atoms with Crippen LogP contribution >= 0.6 is 0 Å². The van der Waals surface area contributed by atoms with E-state index in [0.717, 1.165) is 9.13 Å². The van der Waals surface area contributed by atoms with Crippen LogP contribution in [-0.4, -0.2) is 69.6 Å². The first-order valence-corrected chi connectivity index (χ1v) is 6.69. The molecule has 4 atom stereocenters. The zero-order valence-corrected chi connectivity index (χ0v) is 12.4. The smallest absolute Gasteiger partial charge is 0.332 e. The minimum absolute atomic E-state index is 0.0310. The van der Waals surface area contributed by atoms with Gasteiger partial charge in [0.25, 0.3) is 5.56 Å². The molecule has 0 aliphatic carbocycles. The highest BCUT2D eigenvalue weighted by Crippen LogP contribution is 2.19. The van der Waals surface area contributed by atoms with E-state index in [1.165, 1.54) is 14.1 Å². The van der Waals surface area contributed by atoms with Crippen LogP contribution in [0, 0.1) is 0 Å². The van der Waals surface area contributed by atoms with Gasteiger partial charge in [0.1, 0.15) is 35.8 Å². The highest BCUT2D eigenvalue weighted by Gasteiger charge is 2.33. The molecule has 11 heteroatoms. The van der Waals surface area contributed by atoms with E-state index in [1.807, 2.05) is 0 Å². The third kappa shape index (κ3) is 2.80. The van der Waals surface area contributed by atoms with Gasteiger partial charge in [0.2, 0.25) is 0 Å². The highest BCUT2D eigenvalue weighted by atomic mass is 16.4. The van der Waals surface area contributed by atoms with Gasteiger partial charge in [-0.05, 0) is 0 Å². The minimum atomic E-state index is -1.88. The Balaban J connectivity index is 2.49. The Morgan fingerprint density at radius 1 is 1.09 bits per heavy atom. The molecule has 2 rings (SSSR count). The Labute approximate surface area is 128 Å². The van der Waals surface area contributed by atoms with Gasteiger partial charge in [0.15, 0.2) is 5.65 Å². The number of nitrogens with one attached hydrogen (secondary N) is 1. The van der Waals surface area contributed by atoms with E-state index < -0.39 is 42.3 Å². The summed E-state index contributed by atoms with van der Waals surface area (Å²) in [6.45, 7) is -0.819. The molecule has 0 aliphatic rings. The maximum atomic E-state index is 12.0. The predicted octanol–water partition coefficient (Wildman–Crippen LogP) is -3.93. The van der Waals surface area contributed by atoms with E-state index in [4.69, 9.17) is 5.11 Å². The van der Waals surface area contributed by atoms with Crippen LogP contribution in [0.2, 0.25) is 0 Å². The molecule has 6 N–H and O–H groups in total. The molecular weight excluding hydrogens is 312 g/mol. The fourth-order valence-electron chi connectivity index (χ4n) is 2.17. The van der Waals surface area contributed by atoms with E-state index in [1.54, 1.807) is 0 Å². The number of hydrogen-bond acceptors (Lipinski definition) is 8. The summed E-state index contributed by atoms with van der Waals surface area (Å²) in [6, 6.07) is 0. The Kier molecular flexibility index (Phi) is 4.68. The first-order valence-electron chi connectivity index (χ1n) is 6.69. The summed E-state index contributed by atoms with van der Waals surface area (Å²) in [7, 11) is 2.65. The number of aromatic amines is 1. The van der Waals surface area contributed by atoms with Crippen molar-refractivity contribution in [3.05, 3.63) is 26.7 Å². The van der Waals surface area contributed by atoms with Gasteiger partial charge in [-0.1, -0.05) is 0 Å². The third-order valence-corrected chi connectivity index (χ3v) is 3.65. The van der Waals surface area contributed by atoms with Crippen molar-refractivity contribution in [2.75, 3.05) is 6.61 Å². The molecule has 11 nitrogen and oxygen atoms in total. The molecule has 0 fully saturated rings. The molecule has 0 radical (unpaired) electrons. The van der Waals surface area contributed by atoms with Crippen molar-refractivity contribution >= 4 is 11.2 Å². The summed E-state index contributed by atoms with van der Waals surface area (Å²) in [4.78, 5) is 30.2. The SMILES string of the molecule is Cn1c(=O)c2[nH]c([C@@H](O)[C@@H](O)[C@H](O)[C@H](O)CO)nc2n(C)c1=O. The highest BCUT2D eigenvalue weighted by molar-refractivity contribution is 5.69. The van der Waals surface area contributed by atoms with Gasteiger partial charge in [-0.3, -0.25) is 13.9 Å². The van der Waals surface area contributed by atoms with E-state index in [9.17, 15) is 30.0 Å². The monoisotopic (exact) mass is 330 g/mol. The number of rotatable bonds is 5. The largest absolute Gasteiger partial charge is 0.394 e. The van der Waals surface area contributed by atoms with Crippen LogP contribution in [0.5, 0.6) is 0 Å². The van der Waals surface area contributed by atoms with Gasteiger partial charge in [-0.25, -0.2) is 9.78 Å². The molecule has 0 aromatic carbocycles. The lowest BCUT2D eigenvalue weighted by Gasteiger charge is -2.24. The Bertz CT molecular complexity index is 823. The van der Waals surface area contributed by atoms with Crippen LogP contribution < -0.4 is 11.2 Å². The van der Waals surface area contributed by atoms with Gasteiger partial charge in [-0.15, -0.1) is 0 Å². The Morgan fingerprint density at radius 3 is 2.26 bits per heavy atom. The van der Waals surface area contributed by atoms with Crippen molar-refractivity contribution in [1.82, 2.24) is 19.1 Å². The average Bonchev–Trinajstić information content (AvgIpc) is 3.00. The van der Waals surface area contributed by atoms with Crippen molar-refractivity contribution in [2.24, 2.45) is 14.1 Å². The second-order valence-electron chi connectivity index (χ2n) is 5.20. The molecule has 128 valence electrons. The van der Waals surface area contributed by atoms with Crippen molar-refractivity contribution in [3.63, 3.8) is 0 Å². The first-order chi connectivity index (χ1) is 10.7. The molecular formula is C12H18N4O7. The lowest BCUT2D eigenvalue weighted by molar-refractivity contribution is -0.117. The number of nitrogens with zero attached hydrogens (tertiary/aromatic N) is 3. The number of aliphatic hydroxyl groups excluding tert-OH is 5. The third-order valence-electron chi connectivity index (χ3n) is 3.65. The number of H-pyrrole nitrogens is 1. The second-order valence-corrected chi connectivity index (χ2v) is 5.20. The Hall–Kier alpha value is -2.05. The second kappa shape index (κ2) is 6.22. The summed E-state index contributed by atoms with van der Waals surface area (Å²) in [5.74, 6) is -0.269. The van der Waals surface area contributed by atoms with E-state index in [2.05, 4.69) is 9.97 Å². The minimum Gasteiger partial charge on any atom is -0.394 e. The average molecular weight is 330 g/mol. The molecule has 0 spiro atoms. The summed E-state index contributed by atoms with van der Waals surface area (Å²) in [5.41, 5.74) is -1.38. The number of aliphatic hydroxyl groups is 5. The molecule has 0 bridgehead atoms. The van der Waals surface area contributed by atoms with Gasteiger partial charge in [-0.2, -0.15) is 0 Å². The standard InChI is InChI=1S/C12H18N4O7/c1-15-10-5(11(22)16(2)12(15)23)13-9(14-10)8(21)7(20)6(19)4(18)3-17/h4,6-8,17-21H,3H2,1-2H3,(H,13,14)/t4-,6-,7+,8+/m1/s1. The lowest BCUT2D eigenvalue weighted by Crippen LogP contribution is -2.42. The quantitative estimate of drug-likeness (QED) is 0.322. The molecule has 2 heterocycles. The van der Waals surface area contributed by atoms with Gasteiger partial charge in [0, 0.05) is 14.1 Å². The van der Waals surface area contributed by atoms with Crippen molar-refractivity contribution in [3.8, 4) is 0 Å². The summed E-state index contributed by atoms with van der Waals surface area (Å²) in [5, 5.41) is 47.5. The molecule has 23 heavy (non-hydrogen) atoms. The molecule has 0 saturated heterocycles. The zero-order valence-electron chi connectivity index (χ0n) is 12.4. The normalized spacial score (nSPS) is 17.2. The fraction of sp³-hybridized carbons (Fsp3) is 0.583. The molecule has 0 saturated carbocycles. The summed E-state index contributed by atoms with van der Waals surface area (Å²) < 4.78 is 1.92. The molecule has 0 aliphatic heterocycles. The summed E-state index contributed by atoms with van der Waals surface area (Å²) in [6.07, 6.45) is -7.16. The van der Waals surface area contributed by atoms with Crippen LogP contribution in [0.4, 0.5) is 0 Å². The van der Waals surface area contributed by atoms with E-state index >= 15 is 0 Å². The Morgan fingerprint density at radius 2 is 1.70 bits per heavy atom. The van der Waals surface area contributed by atoms with Crippen LogP contribution in [0.1, 0.15) is 11.9 Å². The van der Waals surface area contributed by atoms with Crippen LogP contribution in [0.3, 0.4) is 0 Å². The maximum Gasteiger partial charge on any atom is 0.332 e. The topological polar surface area (TPSA) is 174 Å². The van der Waals surface area contributed by atoms with Gasteiger partial charge < -0.3 is 30.5 Å². The van der Waals surface area contributed by atoms with Crippen LogP contribution in [0.25, 0.3) is 11.2 Å². The summed E-state index contributed by atoms with van der Waals surface area (Å²) >= 11 is 0. The number of imidazole rings is 1. The van der Waals surface area contributed by atoms with E-state index in [0.29, 0.717) is 0 Å². The fourth-order valence-corrected chi connectivity index (χ4v) is 2.17.